The van der Waals surface area contributed by atoms with Crippen molar-refractivity contribution in [2.75, 3.05) is 34.2 Å². The van der Waals surface area contributed by atoms with Crippen LogP contribution in [0.5, 0.6) is 0 Å². The van der Waals surface area contributed by atoms with Gasteiger partial charge in [-0.2, -0.15) is 0 Å². The summed E-state index contributed by atoms with van der Waals surface area (Å²) in [6.45, 7) is 1.19. The van der Waals surface area contributed by atoms with Crippen LogP contribution in [-0.2, 0) is 15.8 Å². The fraction of sp³-hybridized carbons (Fsp3) is 0.500. The van der Waals surface area contributed by atoms with Crippen molar-refractivity contribution >= 4 is 21.6 Å². The molecule has 0 spiro atoms. The molecular formula is C12H19ClN2O2S. The number of rotatable bonds is 6. The van der Waals surface area contributed by atoms with Gasteiger partial charge in [-0.1, -0.05) is 23.7 Å². The third-order valence-corrected chi connectivity index (χ3v) is 4.68. The summed E-state index contributed by atoms with van der Waals surface area (Å²) in [6.07, 6.45) is 0. The summed E-state index contributed by atoms with van der Waals surface area (Å²) in [5.74, 6) is 0.00803. The van der Waals surface area contributed by atoms with Crippen molar-refractivity contribution in [2.24, 2.45) is 0 Å². The molecule has 0 saturated carbocycles. The Morgan fingerprint density at radius 3 is 2.11 bits per heavy atom. The Balaban J connectivity index is 2.66. The lowest BCUT2D eigenvalue weighted by Crippen LogP contribution is -2.34. The predicted octanol–water partition coefficient (Wildman–Crippen LogP) is 1.66. The molecular weight excluding hydrogens is 272 g/mol. The zero-order valence-corrected chi connectivity index (χ0v) is 12.5. The first-order valence-electron chi connectivity index (χ1n) is 5.64. The van der Waals surface area contributed by atoms with Crippen molar-refractivity contribution in [1.29, 1.82) is 0 Å². The lowest BCUT2D eigenvalue weighted by Gasteiger charge is -2.19. The van der Waals surface area contributed by atoms with E-state index < -0.39 is 10.0 Å². The van der Waals surface area contributed by atoms with Crippen molar-refractivity contribution in [3.05, 3.63) is 34.9 Å². The Labute approximate surface area is 114 Å². The van der Waals surface area contributed by atoms with Gasteiger partial charge in [-0.25, -0.2) is 12.7 Å². The molecule has 0 heterocycles. The molecule has 0 amide bonds. The average Bonchev–Trinajstić information content (AvgIpc) is 2.28. The van der Waals surface area contributed by atoms with Crippen molar-refractivity contribution in [3.8, 4) is 0 Å². The highest BCUT2D eigenvalue weighted by Gasteiger charge is 2.18. The molecule has 6 heteroatoms. The first-order chi connectivity index (χ1) is 8.31. The summed E-state index contributed by atoms with van der Waals surface area (Å²) < 4.78 is 25.5. The predicted molar refractivity (Wildman–Crippen MR) is 75.3 cm³/mol. The molecule has 0 aliphatic carbocycles. The van der Waals surface area contributed by atoms with Crippen LogP contribution in [0.15, 0.2) is 24.3 Å². The molecule has 1 rings (SSSR count). The second-order valence-electron chi connectivity index (χ2n) is 4.51. The SMILES string of the molecule is CN(C)CCN(C)S(=O)(=O)Cc1ccc(Cl)cc1. The minimum absolute atomic E-state index is 0.00803. The Morgan fingerprint density at radius 1 is 1.06 bits per heavy atom. The van der Waals surface area contributed by atoms with E-state index in [2.05, 4.69) is 0 Å². The van der Waals surface area contributed by atoms with Crippen molar-refractivity contribution in [3.63, 3.8) is 0 Å². The normalized spacial score (nSPS) is 12.3. The number of likely N-dealkylation sites (N-methyl/N-ethyl adjacent to an activating group) is 2. The molecule has 0 aliphatic rings. The van der Waals surface area contributed by atoms with Crippen LogP contribution >= 0.6 is 11.6 Å². The van der Waals surface area contributed by atoms with Gasteiger partial charge < -0.3 is 4.90 Å². The van der Waals surface area contributed by atoms with Crippen LogP contribution in [0, 0.1) is 0 Å². The minimum atomic E-state index is -3.26. The van der Waals surface area contributed by atoms with Gasteiger partial charge in [-0.05, 0) is 31.8 Å². The number of sulfonamides is 1. The molecule has 0 radical (unpaired) electrons. The fourth-order valence-electron chi connectivity index (χ4n) is 1.38. The average molecular weight is 291 g/mol. The van der Waals surface area contributed by atoms with Gasteiger partial charge in [0.25, 0.3) is 0 Å². The third-order valence-electron chi connectivity index (χ3n) is 2.60. The molecule has 18 heavy (non-hydrogen) atoms. The number of hydrogen-bond acceptors (Lipinski definition) is 3. The summed E-state index contributed by atoms with van der Waals surface area (Å²) in [4.78, 5) is 1.95. The van der Waals surface area contributed by atoms with E-state index in [0.717, 1.165) is 5.56 Å². The summed E-state index contributed by atoms with van der Waals surface area (Å²) in [7, 11) is 2.18. The number of benzene rings is 1. The number of nitrogens with zero attached hydrogens (tertiary/aromatic N) is 2. The molecule has 4 nitrogen and oxygen atoms in total. The van der Waals surface area contributed by atoms with E-state index in [9.17, 15) is 8.42 Å². The second kappa shape index (κ2) is 6.52. The Morgan fingerprint density at radius 2 is 1.61 bits per heavy atom. The highest BCUT2D eigenvalue weighted by Crippen LogP contribution is 2.13. The molecule has 1 aromatic rings. The van der Waals surface area contributed by atoms with Gasteiger partial charge >= 0.3 is 0 Å². The van der Waals surface area contributed by atoms with Gasteiger partial charge in [-0.15, -0.1) is 0 Å². The maximum atomic E-state index is 12.1. The standard InChI is InChI=1S/C12H19ClN2O2S/c1-14(2)8-9-15(3)18(16,17)10-11-4-6-12(13)7-5-11/h4-7H,8-10H2,1-3H3. The molecule has 0 N–H and O–H groups in total. The van der Waals surface area contributed by atoms with E-state index in [0.29, 0.717) is 18.1 Å². The van der Waals surface area contributed by atoms with Crippen molar-refractivity contribution in [2.45, 2.75) is 5.75 Å². The Hall–Kier alpha value is -0.620. The van der Waals surface area contributed by atoms with Crippen molar-refractivity contribution < 1.29 is 8.42 Å². The van der Waals surface area contributed by atoms with Crippen LogP contribution in [0.4, 0.5) is 0 Å². The fourth-order valence-corrected chi connectivity index (χ4v) is 2.70. The van der Waals surface area contributed by atoms with Gasteiger partial charge in [-0.3, -0.25) is 0 Å². The Kier molecular flexibility index (Phi) is 5.59. The van der Waals surface area contributed by atoms with E-state index in [1.165, 1.54) is 4.31 Å². The minimum Gasteiger partial charge on any atom is -0.308 e. The lowest BCUT2D eigenvalue weighted by molar-refractivity contribution is 0.358. The van der Waals surface area contributed by atoms with E-state index in [1.54, 1.807) is 31.3 Å². The molecule has 1 aromatic carbocycles. The van der Waals surface area contributed by atoms with Gasteiger partial charge in [0.2, 0.25) is 10.0 Å². The molecule has 0 aliphatic heterocycles. The topological polar surface area (TPSA) is 40.6 Å². The summed E-state index contributed by atoms with van der Waals surface area (Å²) in [5, 5.41) is 0.608. The molecule has 0 bridgehead atoms. The van der Waals surface area contributed by atoms with Crippen LogP contribution in [-0.4, -0.2) is 51.9 Å². The lowest BCUT2D eigenvalue weighted by atomic mass is 10.2. The molecule has 0 unspecified atom stereocenters. The van der Waals surface area contributed by atoms with Gasteiger partial charge in [0, 0.05) is 25.2 Å². The molecule has 0 atom stereocenters. The van der Waals surface area contributed by atoms with Crippen LogP contribution in [0.1, 0.15) is 5.56 Å². The van der Waals surface area contributed by atoms with Gasteiger partial charge in [0.1, 0.15) is 0 Å². The molecule has 0 aromatic heterocycles. The zero-order chi connectivity index (χ0) is 13.8. The highest BCUT2D eigenvalue weighted by atomic mass is 35.5. The highest BCUT2D eigenvalue weighted by molar-refractivity contribution is 7.88. The molecule has 102 valence electrons. The first-order valence-corrected chi connectivity index (χ1v) is 7.63. The van der Waals surface area contributed by atoms with Gasteiger partial charge in [0.05, 0.1) is 5.75 Å². The van der Waals surface area contributed by atoms with E-state index in [-0.39, 0.29) is 5.75 Å². The van der Waals surface area contributed by atoms with Crippen LogP contribution < -0.4 is 0 Å². The van der Waals surface area contributed by atoms with Crippen LogP contribution in [0.3, 0.4) is 0 Å². The first kappa shape index (κ1) is 15.4. The smallest absolute Gasteiger partial charge is 0.218 e. The maximum Gasteiger partial charge on any atom is 0.218 e. The van der Waals surface area contributed by atoms with E-state index in [1.807, 2.05) is 19.0 Å². The zero-order valence-electron chi connectivity index (χ0n) is 10.9. The molecule has 0 fully saturated rings. The van der Waals surface area contributed by atoms with E-state index in [4.69, 9.17) is 11.6 Å². The Bertz CT molecular complexity index is 471. The van der Waals surface area contributed by atoms with Gasteiger partial charge in [0.15, 0.2) is 0 Å². The second-order valence-corrected chi connectivity index (χ2v) is 7.02. The largest absolute Gasteiger partial charge is 0.308 e. The maximum absolute atomic E-state index is 12.1. The summed E-state index contributed by atoms with van der Waals surface area (Å²) >= 11 is 5.76. The quantitative estimate of drug-likeness (QED) is 0.800. The summed E-state index contributed by atoms with van der Waals surface area (Å²) in [5.41, 5.74) is 0.746. The monoisotopic (exact) mass is 290 g/mol. The number of hydrogen-bond donors (Lipinski definition) is 0. The third kappa shape index (κ3) is 4.94. The summed E-state index contributed by atoms with van der Waals surface area (Å²) in [6, 6.07) is 6.87. The van der Waals surface area contributed by atoms with Crippen molar-refractivity contribution in [1.82, 2.24) is 9.21 Å². The van der Waals surface area contributed by atoms with E-state index >= 15 is 0 Å². The molecule has 0 saturated heterocycles. The van der Waals surface area contributed by atoms with Crippen LogP contribution in [0.25, 0.3) is 0 Å². The number of halogens is 1. The van der Waals surface area contributed by atoms with Crippen LogP contribution in [0.2, 0.25) is 5.02 Å².